The molecule has 2 aromatic heterocycles. The van der Waals surface area contributed by atoms with Gasteiger partial charge >= 0.3 is 0 Å². The molecule has 20 heavy (non-hydrogen) atoms. The number of nitrogens with zero attached hydrogens (tertiary/aromatic N) is 2. The number of aromatic nitrogens is 3. The van der Waals surface area contributed by atoms with E-state index in [2.05, 4.69) is 15.0 Å². The van der Waals surface area contributed by atoms with Crippen LogP contribution in [-0.4, -0.2) is 15.0 Å². The van der Waals surface area contributed by atoms with Gasteiger partial charge in [0.1, 0.15) is 5.69 Å². The largest absolute Gasteiger partial charge is 0.397 e. The van der Waals surface area contributed by atoms with Crippen molar-refractivity contribution >= 4 is 27.6 Å². The first kappa shape index (κ1) is 11.0. The highest BCUT2D eigenvalue weighted by atomic mass is 14.9. The first-order chi connectivity index (χ1) is 9.81. The van der Waals surface area contributed by atoms with Gasteiger partial charge in [-0.1, -0.05) is 30.3 Å². The van der Waals surface area contributed by atoms with Crippen LogP contribution in [0.1, 0.15) is 0 Å². The summed E-state index contributed by atoms with van der Waals surface area (Å²) in [7, 11) is 0. The molecule has 0 amide bonds. The van der Waals surface area contributed by atoms with Crippen molar-refractivity contribution in [3.05, 3.63) is 54.6 Å². The summed E-state index contributed by atoms with van der Waals surface area (Å²) >= 11 is 0. The number of nitrogens with one attached hydrogen (secondary N) is 1. The van der Waals surface area contributed by atoms with Gasteiger partial charge in [0.15, 0.2) is 5.82 Å². The number of para-hydroxylation sites is 3. The summed E-state index contributed by atoms with van der Waals surface area (Å²) in [6.45, 7) is 0. The minimum absolute atomic E-state index is 0.681. The first-order valence-corrected chi connectivity index (χ1v) is 6.42. The Labute approximate surface area is 115 Å². The van der Waals surface area contributed by atoms with Crippen LogP contribution >= 0.6 is 0 Å². The molecule has 0 saturated carbocycles. The van der Waals surface area contributed by atoms with E-state index in [1.54, 1.807) is 0 Å². The first-order valence-electron chi connectivity index (χ1n) is 6.42. The SMILES string of the molecule is Nc1cccc2ccc(-c3nc4ccccc4[nH]3)nc12. The van der Waals surface area contributed by atoms with E-state index in [1.807, 2.05) is 54.6 Å². The van der Waals surface area contributed by atoms with Crippen LogP contribution in [-0.2, 0) is 0 Å². The molecule has 0 saturated heterocycles. The van der Waals surface area contributed by atoms with Crippen molar-refractivity contribution in [1.82, 2.24) is 15.0 Å². The van der Waals surface area contributed by atoms with E-state index in [0.29, 0.717) is 5.69 Å². The topological polar surface area (TPSA) is 67.6 Å². The van der Waals surface area contributed by atoms with Gasteiger partial charge in [0.25, 0.3) is 0 Å². The normalized spacial score (nSPS) is 11.2. The van der Waals surface area contributed by atoms with Crippen molar-refractivity contribution in [1.29, 1.82) is 0 Å². The Kier molecular flexibility index (Phi) is 2.23. The maximum Gasteiger partial charge on any atom is 0.157 e. The second kappa shape index (κ2) is 4.06. The predicted molar refractivity (Wildman–Crippen MR) is 81.2 cm³/mol. The lowest BCUT2D eigenvalue weighted by Gasteiger charge is -2.02. The van der Waals surface area contributed by atoms with Gasteiger partial charge < -0.3 is 10.7 Å². The predicted octanol–water partition coefficient (Wildman–Crippen LogP) is 3.36. The quantitative estimate of drug-likeness (QED) is 0.516. The maximum atomic E-state index is 5.99. The van der Waals surface area contributed by atoms with Crippen LogP contribution in [0.2, 0.25) is 0 Å². The number of imidazole rings is 1. The van der Waals surface area contributed by atoms with E-state index < -0.39 is 0 Å². The molecule has 0 aliphatic carbocycles. The third kappa shape index (κ3) is 1.62. The Bertz CT molecular complexity index is 891. The monoisotopic (exact) mass is 260 g/mol. The Balaban J connectivity index is 1.95. The summed E-state index contributed by atoms with van der Waals surface area (Å²) in [6.07, 6.45) is 0. The molecule has 0 fully saturated rings. The minimum atomic E-state index is 0.681. The van der Waals surface area contributed by atoms with Crippen molar-refractivity contribution < 1.29 is 0 Å². The Hall–Kier alpha value is -2.88. The van der Waals surface area contributed by atoms with Crippen LogP contribution in [0.3, 0.4) is 0 Å². The van der Waals surface area contributed by atoms with Gasteiger partial charge in [-0.05, 0) is 24.3 Å². The van der Waals surface area contributed by atoms with Crippen molar-refractivity contribution in [2.45, 2.75) is 0 Å². The number of aromatic amines is 1. The highest BCUT2D eigenvalue weighted by molar-refractivity contribution is 5.91. The highest BCUT2D eigenvalue weighted by Gasteiger charge is 2.08. The molecule has 0 atom stereocenters. The summed E-state index contributed by atoms with van der Waals surface area (Å²) in [5, 5.41) is 1.03. The van der Waals surface area contributed by atoms with Crippen molar-refractivity contribution in [3.63, 3.8) is 0 Å². The zero-order valence-electron chi connectivity index (χ0n) is 10.7. The van der Waals surface area contributed by atoms with Crippen molar-refractivity contribution in [2.24, 2.45) is 0 Å². The molecule has 3 N–H and O–H groups in total. The third-order valence-electron chi connectivity index (χ3n) is 3.38. The van der Waals surface area contributed by atoms with Crippen LogP contribution in [0.25, 0.3) is 33.5 Å². The van der Waals surface area contributed by atoms with Gasteiger partial charge in [-0.3, -0.25) is 0 Å². The molecule has 0 unspecified atom stereocenters. The number of fused-ring (bicyclic) bond motifs is 2. The molecular weight excluding hydrogens is 248 g/mol. The van der Waals surface area contributed by atoms with Gasteiger partial charge in [-0.2, -0.15) is 0 Å². The fourth-order valence-corrected chi connectivity index (χ4v) is 2.38. The molecule has 4 rings (SSSR count). The highest BCUT2D eigenvalue weighted by Crippen LogP contribution is 2.24. The molecule has 0 aliphatic rings. The van der Waals surface area contributed by atoms with Gasteiger partial charge in [-0.15, -0.1) is 0 Å². The molecular formula is C16H12N4. The average molecular weight is 260 g/mol. The molecule has 0 spiro atoms. The Morgan fingerprint density at radius 2 is 1.75 bits per heavy atom. The molecule has 2 heterocycles. The number of anilines is 1. The van der Waals surface area contributed by atoms with Gasteiger partial charge in [0, 0.05) is 5.39 Å². The number of benzene rings is 2. The molecule has 2 aromatic carbocycles. The van der Waals surface area contributed by atoms with E-state index >= 15 is 0 Å². The number of pyridine rings is 1. The fraction of sp³-hybridized carbons (Fsp3) is 0. The number of nitrogens with two attached hydrogens (primary N) is 1. The van der Waals surface area contributed by atoms with E-state index in [-0.39, 0.29) is 0 Å². The summed E-state index contributed by atoms with van der Waals surface area (Å²) < 4.78 is 0. The summed E-state index contributed by atoms with van der Waals surface area (Å²) in [4.78, 5) is 12.5. The number of H-pyrrole nitrogens is 1. The van der Waals surface area contributed by atoms with Crippen LogP contribution in [0, 0.1) is 0 Å². The average Bonchev–Trinajstić information content (AvgIpc) is 2.91. The Morgan fingerprint density at radius 3 is 2.65 bits per heavy atom. The van der Waals surface area contributed by atoms with Gasteiger partial charge in [0.2, 0.25) is 0 Å². The third-order valence-corrected chi connectivity index (χ3v) is 3.38. The summed E-state index contributed by atoms with van der Waals surface area (Å²) in [5.74, 6) is 0.761. The molecule has 96 valence electrons. The van der Waals surface area contributed by atoms with Crippen LogP contribution in [0.15, 0.2) is 54.6 Å². The fourth-order valence-electron chi connectivity index (χ4n) is 2.38. The van der Waals surface area contributed by atoms with Crippen LogP contribution < -0.4 is 5.73 Å². The lowest BCUT2D eigenvalue weighted by molar-refractivity contribution is 1.27. The molecule has 4 aromatic rings. The number of nitrogen functional groups attached to an aromatic ring is 1. The number of hydrogen-bond acceptors (Lipinski definition) is 3. The van der Waals surface area contributed by atoms with Crippen molar-refractivity contribution in [3.8, 4) is 11.5 Å². The van der Waals surface area contributed by atoms with E-state index in [0.717, 1.165) is 33.5 Å². The standard InChI is InChI=1S/C16H12N4/c17-11-5-3-4-10-8-9-14(18-15(10)11)16-19-12-6-1-2-7-13(12)20-16/h1-9H,17H2,(H,19,20). The second-order valence-corrected chi connectivity index (χ2v) is 4.72. The second-order valence-electron chi connectivity index (χ2n) is 4.72. The van der Waals surface area contributed by atoms with Crippen LogP contribution in [0.5, 0.6) is 0 Å². The van der Waals surface area contributed by atoms with E-state index in [1.165, 1.54) is 0 Å². The molecule has 4 heteroatoms. The Morgan fingerprint density at radius 1 is 0.850 bits per heavy atom. The van der Waals surface area contributed by atoms with Crippen LogP contribution in [0.4, 0.5) is 5.69 Å². The molecule has 0 aliphatic heterocycles. The zero-order chi connectivity index (χ0) is 13.5. The molecule has 4 nitrogen and oxygen atoms in total. The summed E-state index contributed by atoms with van der Waals surface area (Å²) in [6, 6.07) is 17.7. The number of hydrogen-bond donors (Lipinski definition) is 2. The molecule has 0 bridgehead atoms. The van der Waals surface area contributed by atoms with E-state index in [9.17, 15) is 0 Å². The lowest BCUT2D eigenvalue weighted by Crippen LogP contribution is -1.92. The molecule has 0 radical (unpaired) electrons. The van der Waals surface area contributed by atoms with Gasteiger partial charge in [-0.25, -0.2) is 9.97 Å². The van der Waals surface area contributed by atoms with Gasteiger partial charge in [0.05, 0.1) is 22.2 Å². The lowest BCUT2D eigenvalue weighted by atomic mass is 10.2. The minimum Gasteiger partial charge on any atom is -0.397 e. The van der Waals surface area contributed by atoms with E-state index in [4.69, 9.17) is 5.73 Å². The number of rotatable bonds is 1. The smallest absolute Gasteiger partial charge is 0.157 e. The van der Waals surface area contributed by atoms with Crippen molar-refractivity contribution in [2.75, 3.05) is 5.73 Å². The maximum absolute atomic E-state index is 5.99. The zero-order valence-corrected chi connectivity index (χ0v) is 10.7. The summed E-state index contributed by atoms with van der Waals surface area (Å²) in [5.41, 5.74) is 10.2.